The van der Waals surface area contributed by atoms with Crippen molar-refractivity contribution in [2.75, 3.05) is 91.6 Å². The topological polar surface area (TPSA) is 142 Å². The fourth-order valence-corrected chi connectivity index (χ4v) is 28.6. The van der Waals surface area contributed by atoms with Gasteiger partial charge in [0.15, 0.2) is 0 Å². The van der Waals surface area contributed by atoms with E-state index in [0.29, 0.717) is 85.3 Å². The molecule has 7 amide bonds. The van der Waals surface area contributed by atoms with Crippen LogP contribution in [0.5, 0.6) is 0 Å². The zero-order chi connectivity index (χ0) is 88.8. The van der Waals surface area contributed by atoms with Crippen LogP contribution in [0.2, 0.25) is 0 Å². The third-order valence-corrected chi connectivity index (χ3v) is 36.2. The molecule has 7 saturated heterocycles. The Balaban J connectivity index is 0.000000158. The van der Waals surface area contributed by atoms with Gasteiger partial charge < -0.3 is 34.3 Å². The van der Waals surface area contributed by atoms with Gasteiger partial charge >= 0.3 is 0 Å². The number of fused-ring (bicyclic) bond motifs is 7. The van der Waals surface area contributed by atoms with E-state index in [0.717, 1.165) is 281 Å². The van der Waals surface area contributed by atoms with Gasteiger partial charge in [-0.2, -0.15) is 0 Å². The summed E-state index contributed by atoms with van der Waals surface area (Å²) in [6.07, 6.45) is 12.4. The van der Waals surface area contributed by atoms with Gasteiger partial charge in [-0.05, 0) is 265 Å². The summed E-state index contributed by atoms with van der Waals surface area (Å²) in [7, 11) is 0. The summed E-state index contributed by atoms with van der Waals surface area (Å²) < 4.78 is 13.7. The molecule has 30 atom stereocenters. The van der Waals surface area contributed by atoms with E-state index in [2.05, 4.69) is 175 Å². The lowest BCUT2D eigenvalue weighted by atomic mass is 9.84. The maximum Gasteiger partial charge on any atom is 0.229 e. The standard InChI is InChI=1S/C16H26FNO.2C16H29NO.4C14H25NO/c1-9(2)12-5-11-7-18(8-13(11)10(12)3)15(19)14-6-16(14,4)17;2*1-10(2)13-7-12-8-17(9-14(12)11(13)3)15(18)16(4,5)6;4*1-5-14(16)15-7-11-6-12(9(2)3)10(4)13(11)8-15/h9-14H,5-8H2,1-4H3;2*10-14H,7-9H2,1-6H3;4*9-13H,5-8H2,1-4H3/t10-,11+,12-,13+,14?,16?;2*11-,12+,13-,14+;4*10-,11+,12-,13+/m0000000/s1. The van der Waals surface area contributed by atoms with Gasteiger partial charge in [-0.1, -0.05) is 215 Å². The lowest BCUT2D eigenvalue weighted by molar-refractivity contribution is -0.139. The van der Waals surface area contributed by atoms with Crippen molar-refractivity contribution in [1.82, 2.24) is 34.3 Å². The van der Waals surface area contributed by atoms with Gasteiger partial charge in [-0.3, -0.25) is 33.6 Å². The van der Waals surface area contributed by atoms with Crippen molar-refractivity contribution < 1.29 is 38.0 Å². The van der Waals surface area contributed by atoms with Crippen molar-refractivity contribution in [3.05, 3.63) is 0 Å². The Hall–Kier alpha value is -3.78. The predicted molar refractivity (Wildman–Crippen MR) is 487 cm³/mol. The van der Waals surface area contributed by atoms with Crippen LogP contribution in [0.15, 0.2) is 0 Å². The Morgan fingerprint density at radius 3 is 0.580 bits per heavy atom. The first kappa shape index (κ1) is 99.0. The highest BCUT2D eigenvalue weighted by Crippen LogP contribution is 2.57. The van der Waals surface area contributed by atoms with Gasteiger partial charge in [-0.15, -0.1) is 0 Å². The molecule has 0 N–H and O–H groups in total. The molecule has 0 aromatic rings. The Kier molecular flexibility index (Phi) is 33.7. The Labute approximate surface area is 729 Å². The second-order valence-electron chi connectivity index (χ2n) is 47.8. The van der Waals surface area contributed by atoms with Crippen LogP contribution in [0.3, 0.4) is 0 Å². The number of rotatable bonds is 12. The smallest absolute Gasteiger partial charge is 0.229 e. The molecule has 8 aliphatic carbocycles. The molecule has 0 radical (unpaired) electrons. The first-order chi connectivity index (χ1) is 55.4. The quantitative estimate of drug-likeness (QED) is 0.189. The molecule has 7 aliphatic heterocycles. The average Bonchev–Trinajstić information content (AvgIpc) is 1.59. The summed E-state index contributed by atoms with van der Waals surface area (Å²) in [6, 6.07) is 0. The molecule has 15 aliphatic rings. The minimum atomic E-state index is -1.22. The molecule has 7 heterocycles. The highest BCUT2D eigenvalue weighted by atomic mass is 19.1. The molecule has 119 heavy (non-hydrogen) atoms. The van der Waals surface area contributed by atoms with Gasteiger partial charge in [0, 0.05) is 128 Å². The number of halogens is 1. The van der Waals surface area contributed by atoms with E-state index in [1.807, 2.05) is 74.1 Å². The highest BCUT2D eigenvalue weighted by Gasteiger charge is 2.60. The molecular weight excluding hydrogens is 1480 g/mol. The monoisotopic (exact) mass is 1660 g/mol. The van der Waals surface area contributed by atoms with Gasteiger partial charge in [0.1, 0.15) is 5.67 Å². The third kappa shape index (κ3) is 22.4. The van der Waals surface area contributed by atoms with E-state index >= 15 is 0 Å². The molecule has 15 heteroatoms. The van der Waals surface area contributed by atoms with Gasteiger partial charge in [-0.25, -0.2) is 4.39 Å². The molecule has 0 aromatic carbocycles. The lowest BCUT2D eigenvalue weighted by Gasteiger charge is -2.29. The average molecular weight is 1660 g/mol. The molecule has 8 saturated carbocycles. The zero-order valence-electron chi connectivity index (χ0n) is 82.5. The Bertz CT molecular complexity index is 3060. The molecule has 684 valence electrons. The van der Waals surface area contributed by atoms with E-state index in [1.54, 1.807) is 6.92 Å². The van der Waals surface area contributed by atoms with Crippen molar-refractivity contribution in [2.45, 2.75) is 304 Å². The summed E-state index contributed by atoms with van der Waals surface area (Å²) in [5, 5.41) is 0. The number of likely N-dealkylation sites (tertiary alicyclic amines) is 7. The number of amides is 7. The maximum atomic E-state index is 13.7. The summed E-state index contributed by atoms with van der Waals surface area (Å²) in [5.41, 5.74) is -1.67. The van der Waals surface area contributed by atoms with Crippen molar-refractivity contribution in [2.24, 2.45) is 224 Å². The van der Waals surface area contributed by atoms with Crippen LogP contribution < -0.4 is 0 Å². The maximum absolute atomic E-state index is 13.7. The Morgan fingerprint density at radius 1 is 0.286 bits per heavy atom. The first-order valence-electron chi connectivity index (χ1n) is 50.1. The molecule has 15 fully saturated rings. The SMILES string of the molecule is CC(C)[C@@H]1C[C@@H]2CN(C(=O)C(C)(C)C)C[C@@H]2[C@H]1C.CC(C)[C@@H]1C[C@@H]2CN(C(=O)C(C)(C)C)C[C@@H]2[C@H]1C.CC(C)[C@@H]1C[C@@H]2CN(C(=O)C3CC3(C)F)C[C@@H]2[C@H]1C.CCC(=O)N1C[C@H]2C[C@@H](C(C)C)[C@H](C)[C@H]2C1.CCC(=O)N1C[C@H]2C[C@@H](C(C)C)[C@H](C)[C@H]2C1.CCC(=O)N1C[C@H]2C[C@@H](C(C)C)[C@H](C)[C@H]2C1.CCC(=O)N1C[C@H]2C[C@@H](C(C)C)[C@H](C)[C@H]2C1. The van der Waals surface area contributed by atoms with Crippen LogP contribution in [-0.4, -0.2) is 173 Å². The minimum Gasteiger partial charge on any atom is -0.342 e. The van der Waals surface area contributed by atoms with E-state index < -0.39 is 5.67 Å². The van der Waals surface area contributed by atoms with Gasteiger partial charge in [0.05, 0.1) is 5.92 Å². The number of hydrogen-bond donors (Lipinski definition) is 0. The summed E-state index contributed by atoms with van der Waals surface area (Å²) in [4.78, 5) is 98.3. The fourth-order valence-electron chi connectivity index (χ4n) is 28.6. The molecule has 0 spiro atoms. The number of alkyl halides is 1. The molecule has 0 aromatic heterocycles. The second-order valence-corrected chi connectivity index (χ2v) is 47.8. The van der Waals surface area contributed by atoms with Crippen LogP contribution in [-0.2, 0) is 33.6 Å². The van der Waals surface area contributed by atoms with Crippen molar-refractivity contribution in [1.29, 1.82) is 0 Å². The van der Waals surface area contributed by atoms with Crippen LogP contribution in [0.25, 0.3) is 0 Å². The molecule has 15 rings (SSSR count). The van der Waals surface area contributed by atoms with Gasteiger partial charge in [0.25, 0.3) is 0 Å². The largest absolute Gasteiger partial charge is 0.342 e. The van der Waals surface area contributed by atoms with Crippen LogP contribution in [0.1, 0.15) is 299 Å². The predicted octanol–water partition coefficient (Wildman–Crippen LogP) is 21.1. The fraction of sp³-hybridized carbons (Fsp3) is 0.933. The van der Waals surface area contributed by atoms with Gasteiger partial charge in [0.2, 0.25) is 41.4 Å². The van der Waals surface area contributed by atoms with E-state index in [-0.39, 0.29) is 22.7 Å². The molecule has 14 nitrogen and oxygen atoms in total. The minimum absolute atomic E-state index is 0.0766. The highest BCUT2D eigenvalue weighted by molar-refractivity contribution is 5.84. The zero-order valence-corrected chi connectivity index (χ0v) is 82.5. The third-order valence-electron chi connectivity index (χ3n) is 36.2. The summed E-state index contributed by atoms with van der Waals surface area (Å²) in [5.74, 6) is 29.5. The van der Waals surface area contributed by atoms with E-state index in [4.69, 9.17) is 0 Å². The molecular formula is C104H184FN7O7. The molecule has 2 unspecified atom stereocenters. The van der Waals surface area contributed by atoms with E-state index in [1.165, 1.54) is 44.9 Å². The molecule has 0 bridgehead atoms. The Morgan fingerprint density at radius 2 is 0.437 bits per heavy atom. The normalized spacial score (nSPS) is 39.3. The van der Waals surface area contributed by atoms with Crippen LogP contribution in [0.4, 0.5) is 4.39 Å². The van der Waals surface area contributed by atoms with Crippen LogP contribution >= 0.6 is 0 Å². The number of carbonyl (C=O) groups is 7. The van der Waals surface area contributed by atoms with E-state index in [9.17, 15) is 38.0 Å². The van der Waals surface area contributed by atoms with Crippen molar-refractivity contribution in [3.8, 4) is 0 Å². The van der Waals surface area contributed by atoms with Crippen LogP contribution in [0, 0.1) is 224 Å². The summed E-state index contributed by atoms with van der Waals surface area (Å²) in [6.45, 7) is 85.2. The number of hydrogen-bond acceptors (Lipinski definition) is 7. The lowest BCUT2D eigenvalue weighted by Crippen LogP contribution is -2.39. The van der Waals surface area contributed by atoms with Crippen molar-refractivity contribution >= 4 is 41.4 Å². The van der Waals surface area contributed by atoms with Crippen molar-refractivity contribution in [3.63, 3.8) is 0 Å². The number of carbonyl (C=O) groups excluding carboxylic acids is 7. The first-order valence-corrected chi connectivity index (χ1v) is 50.1. The number of nitrogens with zero attached hydrogens (tertiary/aromatic N) is 7. The second kappa shape index (κ2) is 40.5. The summed E-state index contributed by atoms with van der Waals surface area (Å²) >= 11 is 0.